The summed E-state index contributed by atoms with van der Waals surface area (Å²) in [5.74, 6) is 0.698. The molecule has 1 atom stereocenters. The molecule has 2 heteroatoms. The molecule has 2 rings (SSSR count). The summed E-state index contributed by atoms with van der Waals surface area (Å²) in [5.41, 5.74) is 7.71. The van der Waals surface area contributed by atoms with Crippen molar-refractivity contribution in [3.05, 3.63) is 119 Å². The zero-order valence-electron chi connectivity index (χ0n) is 26.3. The number of hydrogen-bond donors (Lipinski definition) is 0. The fourth-order valence-electron chi connectivity index (χ4n) is 4.67. The van der Waals surface area contributed by atoms with E-state index in [9.17, 15) is 4.79 Å². The Labute approximate surface area is 245 Å². The highest BCUT2D eigenvalue weighted by molar-refractivity contribution is 5.85. The van der Waals surface area contributed by atoms with E-state index in [0.29, 0.717) is 11.7 Å². The normalized spacial score (nSPS) is 16.7. The summed E-state index contributed by atoms with van der Waals surface area (Å²) < 4.78 is 5.49. The van der Waals surface area contributed by atoms with E-state index in [-0.39, 0.29) is 11.4 Å². The summed E-state index contributed by atoms with van der Waals surface area (Å²) in [5, 5.41) is 0. The van der Waals surface area contributed by atoms with Gasteiger partial charge in [0.2, 0.25) is 0 Å². The van der Waals surface area contributed by atoms with Gasteiger partial charge in [0.05, 0.1) is 0 Å². The second-order valence-corrected chi connectivity index (χ2v) is 11.6. The van der Waals surface area contributed by atoms with Crippen LogP contribution in [0, 0.1) is 11.3 Å². The first-order chi connectivity index (χ1) is 19.0. The number of carbonyl (C=O) groups is 1. The zero-order valence-corrected chi connectivity index (χ0v) is 26.3. The molecule has 0 radical (unpaired) electrons. The van der Waals surface area contributed by atoms with Gasteiger partial charge in [0.15, 0.2) is 0 Å². The maximum Gasteiger partial charge on any atom is 0.336 e. The lowest BCUT2D eigenvalue weighted by Crippen LogP contribution is -2.19. The lowest BCUT2D eigenvalue weighted by Gasteiger charge is -2.32. The topological polar surface area (TPSA) is 26.3 Å². The molecule has 1 aromatic rings. The van der Waals surface area contributed by atoms with Gasteiger partial charge in [-0.1, -0.05) is 98.2 Å². The first-order valence-corrected chi connectivity index (χ1v) is 14.5. The van der Waals surface area contributed by atoms with Gasteiger partial charge in [0.25, 0.3) is 0 Å². The molecule has 0 saturated heterocycles. The van der Waals surface area contributed by atoms with Gasteiger partial charge in [-0.3, -0.25) is 0 Å². The molecule has 0 heterocycles. The maximum atomic E-state index is 12.4. The smallest absolute Gasteiger partial charge is 0.336 e. The van der Waals surface area contributed by atoms with Gasteiger partial charge in [-0.15, -0.1) is 13.2 Å². The molecule has 2 nitrogen and oxygen atoms in total. The fraction of sp³-hybridized carbons (Fsp3) is 0.395. The highest BCUT2D eigenvalue weighted by Crippen LogP contribution is 2.40. The van der Waals surface area contributed by atoms with Gasteiger partial charge in [0.1, 0.15) is 5.75 Å². The Bertz CT molecular complexity index is 1160. The van der Waals surface area contributed by atoms with Crippen LogP contribution in [0.5, 0.6) is 5.75 Å². The molecule has 40 heavy (non-hydrogen) atoms. The predicted octanol–water partition coefficient (Wildman–Crippen LogP) is 11.3. The molecule has 0 N–H and O–H groups in total. The van der Waals surface area contributed by atoms with E-state index in [4.69, 9.17) is 4.74 Å². The summed E-state index contributed by atoms with van der Waals surface area (Å²) in [6.45, 7) is 23.4. The molecule has 0 saturated carbocycles. The van der Waals surface area contributed by atoms with Crippen molar-refractivity contribution < 1.29 is 9.53 Å². The van der Waals surface area contributed by atoms with Crippen LogP contribution in [0.15, 0.2) is 114 Å². The van der Waals surface area contributed by atoms with Crippen LogP contribution in [0.25, 0.3) is 6.08 Å². The molecule has 0 amide bonds. The van der Waals surface area contributed by atoms with Crippen molar-refractivity contribution >= 4 is 12.0 Å². The Balaban J connectivity index is 0.00000391. The average Bonchev–Trinajstić information content (AvgIpc) is 2.88. The molecule has 1 unspecified atom stereocenters. The van der Waals surface area contributed by atoms with E-state index in [2.05, 4.69) is 98.1 Å². The van der Waals surface area contributed by atoms with Crippen LogP contribution in [0.4, 0.5) is 0 Å². The second kappa shape index (κ2) is 18.1. The first-order valence-electron chi connectivity index (χ1n) is 14.5. The van der Waals surface area contributed by atoms with Crippen molar-refractivity contribution in [3.8, 4) is 5.75 Å². The van der Waals surface area contributed by atoms with E-state index in [1.54, 1.807) is 0 Å². The number of carbonyl (C=O) groups excluding carboxylic acids is 1. The van der Waals surface area contributed by atoms with Gasteiger partial charge >= 0.3 is 5.97 Å². The van der Waals surface area contributed by atoms with Crippen molar-refractivity contribution in [3.63, 3.8) is 0 Å². The third-order valence-electron chi connectivity index (χ3n) is 7.01. The molecule has 0 bridgehead atoms. The van der Waals surface area contributed by atoms with Gasteiger partial charge in [-0.2, -0.15) is 0 Å². The van der Waals surface area contributed by atoms with Crippen LogP contribution in [0.2, 0.25) is 0 Å². The van der Waals surface area contributed by atoms with E-state index in [1.807, 2.05) is 43.3 Å². The summed E-state index contributed by atoms with van der Waals surface area (Å²) >= 11 is 0. The number of ether oxygens (including phenoxy) is 1. The summed E-state index contributed by atoms with van der Waals surface area (Å²) in [6, 6.07) is 7.64. The van der Waals surface area contributed by atoms with Gasteiger partial charge in [-0.25, -0.2) is 4.79 Å². The summed E-state index contributed by atoms with van der Waals surface area (Å²) in [7, 11) is 0. The Hall–Kier alpha value is -3.39. The third-order valence-corrected chi connectivity index (χ3v) is 7.01. The molecule has 1 aliphatic rings. The van der Waals surface area contributed by atoms with Crippen LogP contribution in [0.1, 0.15) is 93.1 Å². The largest absolute Gasteiger partial charge is 0.423 e. The number of rotatable bonds is 11. The Morgan fingerprint density at radius 1 is 1.02 bits per heavy atom. The predicted molar refractivity (Wildman–Crippen MR) is 176 cm³/mol. The van der Waals surface area contributed by atoms with E-state index in [0.717, 1.165) is 24.0 Å². The molecule has 1 aliphatic carbocycles. The number of hydrogen-bond acceptors (Lipinski definition) is 2. The molecule has 0 aliphatic heterocycles. The molecule has 216 valence electrons. The maximum absolute atomic E-state index is 12.4. The standard InChI is InChI=1S/C36H48O2.C2H4/c1-27(2)12-9-13-28(3)17-19-32-20-22-33(23-21-32)38-35(37)26-30(5)15-10-14-29(4)18-24-34-31(6)16-11-25-36(34,7)8;1-2/h10,12,14-15,17-24,26,28H,9,11,13,16,25H2,1-8H3;1-2H2/b15-10+,19-17+,24-18+,29-14-,30-26+;. The quantitative estimate of drug-likeness (QED) is 0.0917. The molecule has 0 fully saturated rings. The van der Waals surface area contributed by atoms with Gasteiger partial charge < -0.3 is 4.74 Å². The number of esters is 1. The van der Waals surface area contributed by atoms with Crippen LogP contribution in [-0.2, 0) is 4.79 Å². The SMILES string of the molecule is C=C.CC(C)=CCCC(C)/C=C/c1ccc(OC(=O)/C=C(C)/C=C/C=C(C)\C=C\C2=C(C)CCCC2(C)C)cc1. The Morgan fingerprint density at radius 2 is 1.70 bits per heavy atom. The van der Waals surface area contributed by atoms with Crippen molar-refractivity contribution in [1.82, 2.24) is 0 Å². The number of allylic oxidation sites excluding steroid dienone is 12. The van der Waals surface area contributed by atoms with Crippen molar-refractivity contribution in [2.75, 3.05) is 0 Å². The molecular formula is C38H52O2. The minimum atomic E-state index is -0.370. The van der Waals surface area contributed by atoms with Gasteiger partial charge in [-0.05, 0) is 107 Å². The molecule has 1 aromatic carbocycles. The number of benzene rings is 1. The van der Waals surface area contributed by atoms with E-state index in [1.165, 1.54) is 47.6 Å². The monoisotopic (exact) mass is 540 g/mol. The average molecular weight is 541 g/mol. The van der Waals surface area contributed by atoms with Crippen LogP contribution in [0.3, 0.4) is 0 Å². The molecule has 0 spiro atoms. The fourth-order valence-corrected chi connectivity index (χ4v) is 4.67. The molecule has 0 aromatic heterocycles. The summed E-state index contributed by atoms with van der Waals surface area (Å²) in [4.78, 5) is 12.4. The van der Waals surface area contributed by atoms with Crippen molar-refractivity contribution in [2.24, 2.45) is 11.3 Å². The second-order valence-electron chi connectivity index (χ2n) is 11.6. The first kappa shape index (κ1) is 34.6. The highest BCUT2D eigenvalue weighted by Gasteiger charge is 2.26. The third kappa shape index (κ3) is 13.6. The lowest BCUT2D eigenvalue weighted by atomic mass is 9.72. The van der Waals surface area contributed by atoms with Crippen LogP contribution in [-0.4, -0.2) is 5.97 Å². The van der Waals surface area contributed by atoms with Crippen LogP contribution >= 0.6 is 0 Å². The van der Waals surface area contributed by atoms with E-state index < -0.39 is 0 Å². The van der Waals surface area contributed by atoms with Crippen molar-refractivity contribution in [2.45, 2.75) is 87.5 Å². The zero-order chi connectivity index (χ0) is 30.1. The van der Waals surface area contributed by atoms with E-state index >= 15 is 0 Å². The molecular weight excluding hydrogens is 488 g/mol. The Kier molecular flexibility index (Phi) is 15.6. The minimum Gasteiger partial charge on any atom is -0.423 e. The summed E-state index contributed by atoms with van der Waals surface area (Å²) in [6.07, 6.45) is 24.6. The Morgan fingerprint density at radius 3 is 2.33 bits per heavy atom. The minimum absolute atomic E-state index is 0.245. The van der Waals surface area contributed by atoms with Crippen molar-refractivity contribution in [1.29, 1.82) is 0 Å². The van der Waals surface area contributed by atoms with Gasteiger partial charge in [0, 0.05) is 6.08 Å². The highest BCUT2D eigenvalue weighted by atomic mass is 16.5. The van der Waals surface area contributed by atoms with Crippen LogP contribution < -0.4 is 4.74 Å². The lowest BCUT2D eigenvalue weighted by molar-refractivity contribution is -0.129.